The summed E-state index contributed by atoms with van der Waals surface area (Å²) in [6.07, 6.45) is -2.30. The monoisotopic (exact) mass is 181 g/mol. The fourth-order valence-electron chi connectivity index (χ4n) is 1.10. The fraction of sp³-hybridized carbons (Fsp3) is 1.00. The molecule has 0 rings (SSSR count). The summed E-state index contributed by atoms with van der Waals surface area (Å²) < 4.78 is 24.0. The largest absolute Gasteiger partial charge is 0.393 e. The first-order valence-electron chi connectivity index (χ1n) is 4.15. The highest BCUT2D eigenvalue weighted by atomic mass is 19.3. The zero-order chi connectivity index (χ0) is 9.72. The molecule has 0 radical (unpaired) electrons. The van der Waals surface area contributed by atoms with Gasteiger partial charge in [0.1, 0.15) is 0 Å². The number of hydrogen-bond acceptors (Lipinski definition) is 2. The third-order valence-electron chi connectivity index (χ3n) is 1.62. The van der Waals surface area contributed by atoms with Crippen molar-refractivity contribution in [2.45, 2.75) is 51.8 Å². The first-order chi connectivity index (χ1) is 5.43. The molecule has 3 atom stereocenters. The normalized spacial score (nSPS) is 19.2. The predicted molar refractivity (Wildman–Crippen MR) is 44.4 cm³/mol. The SMILES string of the molecule is CC(O)CC(C)NC(C)C(F)F. The second-order valence-electron chi connectivity index (χ2n) is 3.28. The molecule has 0 bridgehead atoms. The van der Waals surface area contributed by atoms with Crippen molar-refractivity contribution in [3.05, 3.63) is 0 Å². The van der Waals surface area contributed by atoms with E-state index in [9.17, 15) is 8.78 Å². The minimum atomic E-state index is -2.35. The van der Waals surface area contributed by atoms with Crippen molar-refractivity contribution in [1.82, 2.24) is 5.32 Å². The van der Waals surface area contributed by atoms with Crippen LogP contribution >= 0.6 is 0 Å². The third-order valence-corrected chi connectivity index (χ3v) is 1.62. The zero-order valence-electron chi connectivity index (χ0n) is 7.72. The van der Waals surface area contributed by atoms with E-state index in [0.717, 1.165) is 0 Å². The van der Waals surface area contributed by atoms with Gasteiger partial charge in [-0.1, -0.05) is 0 Å². The Morgan fingerprint density at radius 2 is 1.75 bits per heavy atom. The average molecular weight is 181 g/mol. The Morgan fingerprint density at radius 1 is 1.25 bits per heavy atom. The molecule has 12 heavy (non-hydrogen) atoms. The van der Waals surface area contributed by atoms with Gasteiger partial charge in [-0.05, 0) is 27.2 Å². The number of alkyl halides is 2. The number of nitrogens with one attached hydrogen (secondary N) is 1. The Kier molecular flexibility index (Phi) is 5.33. The van der Waals surface area contributed by atoms with Gasteiger partial charge in [-0.15, -0.1) is 0 Å². The summed E-state index contributed by atoms with van der Waals surface area (Å²) >= 11 is 0. The van der Waals surface area contributed by atoms with E-state index in [1.54, 1.807) is 13.8 Å². The van der Waals surface area contributed by atoms with Gasteiger partial charge in [0.25, 0.3) is 6.43 Å². The van der Waals surface area contributed by atoms with Crippen molar-refractivity contribution in [2.75, 3.05) is 0 Å². The highest BCUT2D eigenvalue weighted by Crippen LogP contribution is 2.03. The van der Waals surface area contributed by atoms with Gasteiger partial charge in [-0.3, -0.25) is 0 Å². The quantitative estimate of drug-likeness (QED) is 0.671. The third kappa shape index (κ3) is 5.43. The number of aliphatic hydroxyl groups is 1. The molecule has 0 heterocycles. The van der Waals surface area contributed by atoms with Crippen LogP contribution in [0.25, 0.3) is 0 Å². The standard InChI is InChI=1S/C8H17F2NO/c1-5(4-6(2)12)11-7(3)8(9)10/h5-8,11-12H,4H2,1-3H3. The maximum atomic E-state index is 12.0. The molecule has 0 aromatic heterocycles. The molecule has 4 heteroatoms. The topological polar surface area (TPSA) is 32.3 Å². The Bertz CT molecular complexity index is 120. The summed E-state index contributed by atoms with van der Waals surface area (Å²) in [7, 11) is 0. The van der Waals surface area contributed by atoms with Gasteiger partial charge in [0.15, 0.2) is 0 Å². The molecular formula is C8H17F2NO. The van der Waals surface area contributed by atoms with E-state index in [1.807, 2.05) is 0 Å². The number of rotatable bonds is 5. The summed E-state index contributed by atoms with van der Waals surface area (Å²) in [5.41, 5.74) is 0. The smallest absolute Gasteiger partial charge is 0.253 e. The van der Waals surface area contributed by atoms with Crippen LogP contribution < -0.4 is 5.32 Å². The van der Waals surface area contributed by atoms with Gasteiger partial charge in [-0.25, -0.2) is 8.78 Å². The summed E-state index contributed by atoms with van der Waals surface area (Å²) in [6, 6.07) is -0.882. The van der Waals surface area contributed by atoms with Crippen molar-refractivity contribution in [3.8, 4) is 0 Å². The number of halogens is 2. The van der Waals surface area contributed by atoms with Gasteiger partial charge < -0.3 is 10.4 Å². The summed E-state index contributed by atoms with van der Waals surface area (Å²) in [4.78, 5) is 0. The Labute approximate surface area is 72.0 Å². The van der Waals surface area contributed by atoms with Crippen LogP contribution in [0.2, 0.25) is 0 Å². The molecular weight excluding hydrogens is 164 g/mol. The zero-order valence-corrected chi connectivity index (χ0v) is 7.72. The highest BCUT2D eigenvalue weighted by molar-refractivity contribution is 4.70. The Morgan fingerprint density at radius 3 is 2.08 bits per heavy atom. The molecule has 0 saturated heterocycles. The molecule has 74 valence electrons. The minimum Gasteiger partial charge on any atom is -0.393 e. The summed E-state index contributed by atoms with van der Waals surface area (Å²) in [5, 5.41) is 11.6. The first kappa shape index (κ1) is 11.8. The second kappa shape index (κ2) is 5.43. The van der Waals surface area contributed by atoms with Gasteiger partial charge >= 0.3 is 0 Å². The predicted octanol–water partition coefficient (Wildman–Crippen LogP) is 1.39. The van der Waals surface area contributed by atoms with Crippen LogP contribution in [-0.2, 0) is 0 Å². The van der Waals surface area contributed by atoms with Crippen LogP contribution in [0.3, 0.4) is 0 Å². The van der Waals surface area contributed by atoms with Gasteiger partial charge in [0.2, 0.25) is 0 Å². The fourth-order valence-corrected chi connectivity index (χ4v) is 1.10. The van der Waals surface area contributed by atoms with Crippen molar-refractivity contribution in [3.63, 3.8) is 0 Å². The van der Waals surface area contributed by atoms with Crippen molar-refractivity contribution in [2.24, 2.45) is 0 Å². The lowest BCUT2D eigenvalue weighted by Crippen LogP contribution is -2.40. The van der Waals surface area contributed by atoms with Gasteiger partial charge in [0, 0.05) is 6.04 Å². The summed E-state index contributed by atoms with van der Waals surface area (Å²) in [5.74, 6) is 0. The molecule has 2 N–H and O–H groups in total. The Hall–Kier alpha value is -0.220. The molecule has 3 unspecified atom stereocenters. The van der Waals surface area contributed by atoms with Crippen molar-refractivity contribution < 1.29 is 13.9 Å². The van der Waals surface area contributed by atoms with Gasteiger partial charge in [-0.2, -0.15) is 0 Å². The molecule has 0 fully saturated rings. The maximum absolute atomic E-state index is 12.0. The van der Waals surface area contributed by atoms with Crippen LogP contribution in [-0.4, -0.2) is 29.7 Å². The lowest BCUT2D eigenvalue weighted by atomic mass is 10.1. The van der Waals surface area contributed by atoms with Crippen LogP contribution in [0, 0.1) is 0 Å². The van der Waals surface area contributed by atoms with Crippen molar-refractivity contribution >= 4 is 0 Å². The van der Waals surface area contributed by atoms with E-state index in [4.69, 9.17) is 5.11 Å². The van der Waals surface area contributed by atoms with E-state index >= 15 is 0 Å². The first-order valence-corrected chi connectivity index (χ1v) is 4.15. The van der Waals surface area contributed by atoms with Crippen LogP contribution in [0.1, 0.15) is 27.2 Å². The molecule has 2 nitrogen and oxygen atoms in total. The molecule has 0 saturated carbocycles. The van der Waals surface area contributed by atoms with Gasteiger partial charge in [0.05, 0.1) is 12.1 Å². The van der Waals surface area contributed by atoms with Crippen molar-refractivity contribution in [1.29, 1.82) is 0 Å². The molecule has 0 aromatic rings. The molecule has 0 aromatic carbocycles. The maximum Gasteiger partial charge on any atom is 0.253 e. The van der Waals surface area contributed by atoms with E-state index < -0.39 is 18.6 Å². The molecule has 0 aliphatic heterocycles. The van der Waals surface area contributed by atoms with Crippen LogP contribution in [0.15, 0.2) is 0 Å². The molecule has 0 amide bonds. The van der Waals surface area contributed by atoms with E-state index in [1.165, 1.54) is 6.92 Å². The van der Waals surface area contributed by atoms with E-state index in [0.29, 0.717) is 6.42 Å². The second-order valence-corrected chi connectivity index (χ2v) is 3.28. The Balaban J connectivity index is 3.61. The number of aliphatic hydroxyl groups excluding tert-OH is 1. The minimum absolute atomic E-state index is 0.0750. The van der Waals surface area contributed by atoms with Crippen LogP contribution in [0.5, 0.6) is 0 Å². The van der Waals surface area contributed by atoms with Crippen LogP contribution in [0.4, 0.5) is 8.78 Å². The van der Waals surface area contributed by atoms with E-state index in [2.05, 4.69) is 5.32 Å². The molecule has 0 spiro atoms. The average Bonchev–Trinajstić information content (AvgIpc) is 1.84. The number of hydrogen-bond donors (Lipinski definition) is 2. The highest BCUT2D eigenvalue weighted by Gasteiger charge is 2.16. The molecule has 0 aliphatic carbocycles. The van der Waals surface area contributed by atoms with E-state index in [-0.39, 0.29) is 6.04 Å². The lowest BCUT2D eigenvalue weighted by Gasteiger charge is -2.20. The lowest BCUT2D eigenvalue weighted by molar-refractivity contribution is 0.0936. The molecule has 0 aliphatic rings. The summed E-state index contributed by atoms with van der Waals surface area (Å²) in [6.45, 7) is 4.86.